The molecule has 4 atom stereocenters. The van der Waals surface area contributed by atoms with Gasteiger partial charge in [-0.15, -0.1) is 0 Å². The van der Waals surface area contributed by atoms with Gasteiger partial charge in [0.1, 0.15) is 18.5 Å². The quantitative estimate of drug-likeness (QED) is 0.254. The lowest BCUT2D eigenvalue weighted by molar-refractivity contribution is -0.0639. The van der Waals surface area contributed by atoms with E-state index in [4.69, 9.17) is 24.7 Å². The zero-order valence-electron chi connectivity index (χ0n) is 21.6. The number of nitrogens with two attached hydrogens (primary N) is 1. The van der Waals surface area contributed by atoms with Crippen LogP contribution in [0.15, 0.2) is 108 Å². The van der Waals surface area contributed by atoms with Crippen LogP contribution >= 0.6 is 0 Å². The highest BCUT2D eigenvalue weighted by Crippen LogP contribution is 2.34. The van der Waals surface area contributed by atoms with Crippen molar-refractivity contribution in [2.24, 2.45) is 0 Å². The van der Waals surface area contributed by atoms with Crippen LogP contribution in [0, 0.1) is 0 Å². The molecule has 0 amide bonds. The SMILES string of the molecule is Nc1ccn([C@H]2O[C@@H](COC(=O)c3ccccc3)[C@H](OC(=O)c3ccccc3)[C@@H]2OC(=O)c2ccccc2)c(=O)n1. The van der Waals surface area contributed by atoms with Gasteiger partial charge in [-0.1, -0.05) is 54.6 Å². The number of nitrogen functional groups attached to an aromatic ring is 1. The lowest BCUT2D eigenvalue weighted by Crippen LogP contribution is -2.42. The van der Waals surface area contributed by atoms with Gasteiger partial charge in [0.15, 0.2) is 18.4 Å². The van der Waals surface area contributed by atoms with Gasteiger partial charge in [0.2, 0.25) is 0 Å². The van der Waals surface area contributed by atoms with E-state index in [1.807, 2.05) is 0 Å². The van der Waals surface area contributed by atoms with E-state index < -0.39 is 48.1 Å². The molecular formula is C30H25N3O8. The monoisotopic (exact) mass is 555 g/mol. The Morgan fingerprint density at radius 1 is 0.732 bits per heavy atom. The first-order valence-electron chi connectivity index (χ1n) is 12.6. The van der Waals surface area contributed by atoms with Crippen molar-refractivity contribution in [2.45, 2.75) is 24.5 Å². The molecular weight excluding hydrogens is 530 g/mol. The Bertz CT molecular complexity index is 1580. The predicted octanol–water partition coefficient (Wildman–Crippen LogP) is 3.03. The first-order chi connectivity index (χ1) is 19.9. The maximum atomic E-state index is 13.1. The lowest BCUT2D eigenvalue weighted by Gasteiger charge is -2.25. The molecule has 1 saturated heterocycles. The second-order valence-corrected chi connectivity index (χ2v) is 9.04. The number of anilines is 1. The summed E-state index contributed by atoms with van der Waals surface area (Å²) in [5.41, 5.74) is 5.63. The minimum Gasteiger partial charge on any atom is -0.459 e. The zero-order valence-corrected chi connectivity index (χ0v) is 21.6. The van der Waals surface area contributed by atoms with Gasteiger partial charge in [-0.05, 0) is 42.5 Å². The third-order valence-electron chi connectivity index (χ3n) is 6.30. The third-order valence-corrected chi connectivity index (χ3v) is 6.30. The number of benzene rings is 3. The van der Waals surface area contributed by atoms with E-state index in [0.717, 1.165) is 4.57 Å². The van der Waals surface area contributed by atoms with Crippen LogP contribution in [0.4, 0.5) is 5.82 Å². The molecule has 2 N–H and O–H groups in total. The van der Waals surface area contributed by atoms with Gasteiger partial charge in [0.25, 0.3) is 0 Å². The van der Waals surface area contributed by atoms with Crippen molar-refractivity contribution in [3.63, 3.8) is 0 Å². The molecule has 3 aromatic carbocycles. The molecule has 1 aliphatic heterocycles. The summed E-state index contributed by atoms with van der Waals surface area (Å²) < 4.78 is 24.3. The molecule has 0 aliphatic carbocycles. The van der Waals surface area contributed by atoms with E-state index in [1.54, 1.807) is 91.0 Å². The number of carbonyl (C=O) groups is 3. The fourth-order valence-corrected chi connectivity index (χ4v) is 4.30. The standard InChI is InChI=1S/C30H25N3O8/c31-23-16-17-33(30(37)32-23)26-25(41-29(36)21-14-8-3-9-15-21)24(40-28(35)20-12-6-2-7-13-20)22(39-26)18-38-27(34)19-10-4-1-5-11-19/h1-17,22,24-26H,18H2,(H2,31,32,37)/t22-,24-,25-,26-/m0/s1. The van der Waals surface area contributed by atoms with E-state index in [1.165, 1.54) is 12.3 Å². The van der Waals surface area contributed by atoms with Crippen LogP contribution in [0.2, 0.25) is 0 Å². The molecule has 1 fully saturated rings. The Labute approximate surface area is 234 Å². The third kappa shape index (κ3) is 6.31. The lowest BCUT2D eigenvalue weighted by atomic mass is 10.1. The molecule has 0 unspecified atom stereocenters. The number of hydrogen-bond donors (Lipinski definition) is 1. The maximum Gasteiger partial charge on any atom is 0.351 e. The fourth-order valence-electron chi connectivity index (χ4n) is 4.30. The van der Waals surface area contributed by atoms with Crippen molar-refractivity contribution in [3.05, 3.63) is 130 Å². The summed E-state index contributed by atoms with van der Waals surface area (Å²) in [5.74, 6) is -2.15. The zero-order chi connectivity index (χ0) is 28.8. The minimum absolute atomic E-state index is 0.0255. The largest absolute Gasteiger partial charge is 0.459 e. The smallest absolute Gasteiger partial charge is 0.351 e. The molecule has 41 heavy (non-hydrogen) atoms. The van der Waals surface area contributed by atoms with Crippen molar-refractivity contribution in [1.29, 1.82) is 0 Å². The highest BCUT2D eigenvalue weighted by Gasteiger charge is 2.51. The van der Waals surface area contributed by atoms with Crippen LogP contribution in [0.25, 0.3) is 0 Å². The highest BCUT2D eigenvalue weighted by atomic mass is 16.7. The summed E-state index contributed by atoms with van der Waals surface area (Å²) in [4.78, 5) is 55.5. The summed E-state index contributed by atoms with van der Waals surface area (Å²) in [5, 5.41) is 0. The molecule has 2 heterocycles. The first-order valence-corrected chi connectivity index (χ1v) is 12.6. The van der Waals surface area contributed by atoms with Crippen LogP contribution in [-0.2, 0) is 18.9 Å². The summed E-state index contributed by atoms with van der Waals surface area (Å²) in [6.07, 6.45) is -3.71. The van der Waals surface area contributed by atoms with Crippen molar-refractivity contribution < 1.29 is 33.3 Å². The molecule has 0 saturated carbocycles. The fraction of sp³-hybridized carbons (Fsp3) is 0.167. The Morgan fingerprint density at radius 2 is 1.22 bits per heavy atom. The van der Waals surface area contributed by atoms with Gasteiger partial charge in [0.05, 0.1) is 16.7 Å². The number of carbonyl (C=O) groups excluding carboxylic acids is 3. The normalized spacial score (nSPS) is 19.7. The molecule has 1 aromatic heterocycles. The van der Waals surface area contributed by atoms with Crippen molar-refractivity contribution in [3.8, 4) is 0 Å². The van der Waals surface area contributed by atoms with Crippen molar-refractivity contribution in [1.82, 2.24) is 9.55 Å². The predicted molar refractivity (Wildman–Crippen MR) is 145 cm³/mol. The number of nitrogens with zero attached hydrogens (tertiary/aromatic N) is 2. The number of ether oxygens (including phenoxy) is 4. The number of esters is 3. The Kier molecular flexibility index (Phi) is 8.16. The Morgan fingerprint density at radius 3 is 1.73 bits per heavy atom. The van der Waals surface area contributed by atoms with Crippen LogP contribution < -0.4 is 11.4 Å². The average molecular weight is 556 g/mol. The van der Waals surface area contributed by atoms with E-state index >= 15 is 0 Å². The van der Waals surface area contributed by atoms with Gasteiger partial charge >= 0.3 is 23.6 Å². The summed E-state index contributed by atoms with van der Waals surface area (Å²) in [6.45, 7) is -0.381. The molecule has 5 rings (SSSR count). The van der Waals surface area contributed by atoms with Gasteiger partial charge in [-0.25, -0.2) is 19.2 Å². The molecule has 0 bridgehead atoms. The minimum atomic E-state index is -1.33. The van der Waals surface area contributed by atoms with E-state index in [9.17, 15) is 19.2 Å². The summed E-state index contributed by atoms with van der Waals surface area (Å²) in [6, 6.07) is 26.0. The van der Waals surface area contributed by atoms with Gasteiger partial charge in [0, 0.05) is 6.20 Å². The highest BCUT2D eigenvalue weighted by molar-refractivity contribution is 5.91. The first kappa shape index (κ1) is 27.3. The molecule has 11 heteroatoms. The van der Waals surface area contributed by atoms with Gasteiger partial charge in [-0.3, -0.25) is 4.57 Å². The maximum absolute atomic E-state index is 13.1. The number of aromatic nitrogens is 2. The van der Waals surface area contributed by atoms with Crippen molar-refractivity contribution >= 4 is 23.7 Å². The van der Waals surface area contributed by atoms with Gasteiger partial charge in [-0.2, -0.15) is 4.98 Å². The van der Waals surface area contributed by atoms with E-state index in [-0.39, 0.29) is 23.6 Å². The van der Waals surface area contributed by atoms with Crippen LogP contribution in [0.1, 0.15) is 37.3 Å². The van der Waals surface area contributed by atoms with Crippen molar-refractivity contribution in [2.75, 3.05) is 12.3 Å². The molecule has 4 aromatic rings. The van der Waals surface area contributed by atoms with Crippen LogP contribution in [-0.4, -0.2) is 52.4 Å². The molecule has 208 valence electrons. The van der Waals surface area contributed by atoms with Crippen LogP contribution in [0.5, 0.6) is 0 Å². The van der Waals surface area contributed by atoms with Crippen LogP contribution in [0.3, 0.4) is 0 Å². The van der Waals surface area contributed by atoms with E-state index in [2.05, 4.69) is 4.98 Å². The van der Waals surface area contributed by atoms with E-state index in [0.29, 0.717) is 5.56 Å². The molecule has 0 radical (unpaired) electrons. The summed E-state index contributed by atoms with van der Waals surface area (Å²) in [7, 11) is 0. The summed E-state index contributed by atoms with van der Waals surface area (Å²) >= 11 is 0. The molecule has 11 nitrogen and oxygen atoms in total. The average Bonchev–Trinajstić information content (AvgIpc) is 3.33. The number of rotatable bonds is 8. The topological polar surface area (TPSA) is 149 Å². The Balaban J connectivity index is 1.49. The second-order valence-electron chi connectivity index (χ2n) is 9.04. The Hall–Kier alpha value is -5.29. The molecule has 0 spiro atoms. The molecule has 1 aliphatic rings. The number of hydrogen-bond acceptors (Lipinski definition) is 10. The second kappa shape index (κ2) is 12.3. The van der Waals surface area contributed by atoms with Gasteiger partial charge < -0.3 is 24.7 Å².